The highest BCUT2D eigenvalue weighted by molar-refractivity contribution is 8.25. The Kier molecular flexibility index (Phi) is 5.48. The molecule has 0 aliphatic carbocycles. The van der Waals surface area contributed by atoms with E-state index >= 15 is 0 Å². The van der Waals surface area contributed by atoms with Gasteiger partial charge in [0, 0.05) is 24.8 Å². The molecule has 2 fully saturated rings. The molecule has 0 bridgehead atoms. The Morgan fingerprint density at radius 1 is 1.14 bits per heavy atom. The van der Waals surface area contributed by atoms with Crippen molar-refractivity contribution in [2.24, 2.45) is 0 Å². The summed E-state index contributed by atoms with van der Waals surface area (Å²) in [6.45, 7) is 0.585. The van der Waals surface area contributed by atoms with E-state index in [9.17, 15) is 14.0 Å². The second-order valence-electron chi connectivity index (χ2n) is 9.53. The van der Waals surface area contributed by atoms with Gasteiger partial charge in [-0.25, -0.2) is 4.39 Å². The van der Waals surface area contributed by atoms with E-state index in [1.54, 1.807) is 44.5 Å². The van der Waals surface area contributed by atoms with E-state index in [0.717, 1.165) is 5.56 Å². The van der Waals surface area contributed by atoms with E-state index in [4.69, 9.17) is 21.4 Å². The molecule has 4 heterocycles. The van der Waals surface area contributed by atoms with Crippen molar-refractivity contribution in [1.82, 2.24) is 9.80 Å². The fourth-order valence-corrected chi connectivity index (χ4v) is 8.27. The van der Waals surface area contributed by atoms with Crippen LogP contribution in [0.25, 0.3) is 0 Å². The number of halogens is 1. The molecule has 0 radical (unpaired) electrons. The maximum absolute atomic E-state index is 14.7. The minimum absolute atomic E-state index is 0.237. The van der Waals surface area contributed by atoms with Crippen LogP contribution in [0.2, 0.25) is 0 Å². The second-order valence-corrected chi connectivity index (χ2v) is 11.4. The number of carbonyl (C=O) groups is 2. The number of fused-ring (bicyclic) bond motifs is 3. The number of ether oxygens (including phenoxy) is 1. The Balaban J connectivity index is 1.55. The quantitative estimate of drug-likeness (QED) is 0.464. The van der Waals surface area contributed by atoms with Gasteiger partial charge in [0.2, 0.25) is 5.91 Å². The van der Waals surface area contributed by atoms with Crippen LogP contribution in [-0.2, 0) is 21.7 Å². The molecule has 0 unspecified atom stereocenters. The number of benzene rings is 2. The van der Waals surface area contributed by atoms with E-state index in [0.29, 0.717) is 33.6 Å². The Morgan fingerprint density at radius 3 is 2.57 bits per heavy atom. The summed E-state index contributed by atoms with van der Waals surface area (Å²) in [5, 5.41) is 0. The van der Waals surface area contributed by atoms with E-state index < -0.39 is 22.0 Å². The minimum Gasteiger partial charge on any atom is -0.497 e. The van der Waals surface area contributed by atoms with Crippen LogP contribution >= 0.6 is 24.0 Å². The number of anilines is 1. The predicted octanol–water partition coefficient (Wildman–Crippen LogP) is 4.13. The molecule has 7 nitrogen and oxygen atoms in total. The molecule has 6 rings (SSSR count). The van der Waals surface area contributed by atoms with Crippen LogP contribution in [0.1, 0.15) is 22.8 Å². The molecule has 37 heavy (non-hydrogen) atoms. The number of methoxy groups -OCH3 is 1. The third-order valence-electron chi connectivity index (χ3n) is 7.80. The number of amides is 2. The van der Waals surface area contributed by atoms with Crippen molar-refractivity contribution < 1.29 is 23.1 Å². The molecule has 3 aromatic rings. The van der Waals surface area contributed by atoms with Gasteiger partial charge in [0.25, 0.3) is 5.91 Å². The monoisotopic (exact) mass is 537 g/mol. The lowest BCUT2D eigenvalue weighted by Gasteiger charge is -2.41. The molecule has 3 atom stereocenters. The molecular formula is C27H24FN3O4S2. The highest BCUT2D eigenvalue weighted by Crippen LogP contribution is 2.66. The molecule has 0 saturated carbocycles. The Morgan fingerprint density at radius 2 is 1.89 bits per heavy atom. The Hall–Kier alpha value is -3.21. The van der Waals surface area contributed by atoms with Gasteiger partial charge in [-0.3, -0.25) is 19.4 Å². The predicted molar refractivity (Wildman–Crippen MR) is 142 cm³/mol. The Labute approximate surface area is 223 Å². The van der Waals surface area contributed by atoms with Gasteiger partial charge in [-0.05, 0) is 55.1 Å². The molecule has 190 valence electrons. The van der Waals surface area contributed by atoms with Gasteiger partial charge in [0.1, 0.15) is 26.4 Å². The summed E-state index contributed by atoms with van der Waals surface area (Å²) in [6.07, 6.45) is 1.56. The first kappa shape index (κ1) is 24.1. The van der Waals surface area contributed by atoms with Crippen LogP contribution in [0.5, 0.6) is 5.75 Å². The number of furan rings is 1. The van der Waals surface area contributed by atoms with Gasteiger partial charge in [0.15, 0.2) is 5.54 Å². The van der Waals surface area contributed by atoms with Crippen LogP contribution in [-0.4, -0.2) is 58.4 Å². The van der Waals surface area contributed by atoms with Crippen molar-refractivity contribution >= 4 is 45.8 Å². The van der Waals surface area contributed by atoms with Gasteiger partial charge >= 0.3 is 0 Å². The normalized spacial score (nSPS) is 27.2. The van der Waals surface area contributed by atoms with Crippen molar-refractivity contribution in [2.45, 2.75) is 22.7 Å². The van der Waals surface area contributed by atoms with Crippen molar-refractivity contribution in [3.63, 3.8) is 0 Å². The third-order valence-corrected chi connectivity index (χ3v) is 9.74. The minimum atomic E-state index is -1.48. The van der Waals surface area contributed by atoms with Crippen LogP contribution < -0.4 is 9.64 Å². The van der Waals surface area contributed by atoms with Crippen LogP contribution in [0.4, 0.5) is 10.1 Å². The molecule has 2 amide bonds. The number of nitrogens with zero attached hydrogens (tertiary/aromatic N) is 3. The van der Waals surface area contributed by atoms with E-state index in [2.05, 4.69) is 0 Å². The summed E-state index contributed by atoms with van der Waals surface area (Å²) in [5.41, 5.74) is 0.430. The molecule has 2 spiro atoms. The highest BCUT2D eigenvalue weighted by atomic mass is 32.2. The summed E-state index contributed by atoms with van der Waals surface area (Å²) in [4.78, 5) is 33.9. The third kappa shape index (κ3) is 3.06. The van der Waals surface area contributed by atoms with Gasteiger partial charge < -0.3 is 14.1 Å². The molecule has 2 saturated heterocycles. The van der Waals surface area contributed by atoms with Crippen LogP contribution in [0.15, 0.2) is 65.3 Å². The number of hydrogen-bond acceptors (Lipinski definition) is 7. The SMILES string of the molecule is COc1ccc(CN2C(=O)[C@]3(SC2=S)[C@H](c2ccco2)CN(C)[C@@]32C(=O)N(C)c3ccc(F)cc32)cc1. The average molecular weight is 538 g/mol. The van der Waals surface area contributed by atoms with Crippen molar-refractivity contribution in [2.75, 3.05) is 32.6 Å². The fourth-order valence-electron chi connectivity index (χ4n) is 6.16. The smallest absolute Gasteiger partial charge is 0.254 e. The second kappa shape index (κ2) is 8.41. The largest absolute Gasteiger partial charge is 0.497 e. The van der Waals surface area contributed by atoms with Crippen LogP contribution in [0.3, 0.4) is 0 Å². The number of thioether (sulfide) groups is 1. The number of likely N-dealkylation sites (tertiary alicyclic amines) is 1. The van der Waals surface area contributed by atoms with Gasteiger partial charge in [-0.15, -0.1) is 0 Å². The standard InChI is InChI=1S/C27H24FN3O4S2/c1-29-15-20(22-5-4-12-35-22)27(26(29)19-13-17(28)8-11-21(19)30(2)23(26)32)24(33)31(25(36)37-27)14-16-6-9-18(34-3)10-7-16/h4-13,20H,14-15H2,1-3H3/t20-,26-,27+/m0/s1. The number of carbonyl (C=O) groups excluding carboxylic acids is 2. The van der Waals surface area contributed by atoms with Gasteiger partial charge in [0.05, 0.1) is 25.8 Å². The van der Waals surface area contributed by atoms with Crippen LogP contribution in [0, 0.1) is 5.82 Å². The summed E-state index contributed by atoms with van der Waals surface area (Å²) in [5.74, 6) is -0.270. The summed E-state index contributed by atoms with van der Waals surface area (Å²) < 4.78 is 24.8. The van der Waals surface area contributed by atoms with E-state index in [1.165, 1.54) is 28.8 Å². The molecular weight excluding hydrogens is 513 g/mol. The zero-order chi connectivity index (χ0) is 26.1. The van der Waals surface area contributed by atoms with Crippen molar-refractivity contribution in [3.8, 4) is 5.75 Å². The maximum atomic E-state index is 14.7. The molecule has 3 aliphatic heterocycles. The van der Waals surface area contributed by atoms with E-state index in [-0.39, 0.29) is 18.4 Å². The lowest BCUT2D eigenvalue weighted by molar-refractivity contribution is -0.139. The fraction of sp³-hybridized carbons (Fsp3) is 0.296. The number of thiocarbonyl (C=S) groups is 1. The number of likely N-dealkylation sites (N-methyl/N-ethyl adjacent to an activating group) is 2. The molecule has 0 N–H and O–H groups in total. The first-order chi connectivity index (χ1) is 17.8. The first-order valence-corrected chi connectivity index (χ1v) is 13.0. The Bertz CT molecular complexity index is 1430. The average Bonchev–Trinajstić information content (AvgIpc) is 3.61. The highest BCUT2D eigenvalue weighted by Gasteiger charge is 2.79. The number of rotatable bonds is 4. The topological polar surface area (TPSA) is 66.2 Å². The molecule has 10 heteroatoms. The molecule has 3 aliphatic rings. The lowest BCUT2D eigenvalue weighted by Crippen LogP contribution is -2.62. The van der Waals surface area contributed by atoms with E-state index in [1.807, 2.05) is 35.2 Å². The molecule has 1 aromatic heterocycles. The molecule has 2 aromatic carbocycles. The zero-order valence-corrected chi connectivity index (χ0v) is 22.1. The zero-order valence-electron chi connectivity index (χ0n) is 20.4. The summed E-state index contributed by atoms with van der Waals surface area (Å²) in [6, 6.07) is 15.3. The summed E-state index contributed by atoms with van der Waals surface area (Å²) in [7, 11) is 5.06. The first-order valence-electron chi connectivity index (χ1n) is 11.8. The lowest BCUT2D eigenvalue weighted by atomic mass is 9.73. The van der Waals surface area contributed by atoms with Crippen molar-refractivity contribution in [1.29, 1.82) is 0 Å². The summed E-state index contributed by atoms with van der Waals surface area (Å²) >= 11 is 7.01. The van der Waals surface area contributed by atoms with Crippen molar-refractivity contribution in [3.05, 3.63) is 83.6 Å². The number of hydrogen-bond donors (Lipinski definition) is 0. The maximum Gasteiger partial charge on any atom is 0.254 e. The van der Waals surface area contributed by atoms with Gasteiger partial charge in [-0.2, -0.15) is 0 Å². The van der Waals surface area contributed by atoms with Gasteiger partial charge in [-0.1, -0.05) is 36.1 Å².